The molecule has 5 rings (SSSR count). The predicted octanol–water partition coefficient (Wildman–Crippen LogP) is 7.45. The van der Waals surface area contributed by atoms with Crippen LogP contribution < -0.4 is 15.5 Å². The van der Waals surface area contributed by atoms with Crippen LogP contribution in [-0.4, -0.2) is 40.7 Å². The van der Waals surface area contributed by atoms with E-state index < -0.39 is 17.8 Å². The van der Waals surface area contributed by atoms with Gasteiger partial charge in [0.15, 0.2) is 0 Å². The first kappa shape index (κ1) is 30.7. The van der Waals surface area contributed by atoms with E-state index in [0.29, 0.717) is 39.3 Å². The van der Waals surface area contributed by atoms with E-state index in [1.165, 1.54) is 6.07 Å². The molecule has 0 aliphatic heterocycles. The normalized spacial score (nSPS) is 11.5. The lowest BCUT2D eigenvalue weighted by Gasteiger charge is -2.13. The molecule has 0 spiro atoms. The van der Waals surface area contributed by atoms with Gasteiger partial charge in [-0.2, -0.15) is 18.3 Å². The number of rotatable bonds is 7. The Kier molecular flexibility index (Phi) is 8.46. The van der Waals surface area contributed by atoms with Crippen molar-refractivity contribution in [1.29, 1.82) is 0 Å². The van der Waals surface area contributed by atoms with Crippen molar-refractivity contribution < 1.29 is 22.8 Å². The van der Waals surface area contributed by atoms with Gasteiger partial charge < -0.3 is 15.5 Å². The highest BCUT2D eigenvalue weighted by Crippen LogP contribution is 2.33. The van der Waals surface area contributed by atoms with Crippen LogP contribution in [-0.2, 0) is 12.7 Å². The second kappa shape index (κ2) is 12.1. The van der Waals surface area contributed by atoms with Crippen LogP contribution in [0.4, 0.5) is 30.2 Å². The van der Waals surface area contributed by atoms with Crippen LogP contribution in [0, 0.1) is 13.8 Å². The van der Waals surface area contributed by atoms with Gasteiger partial charge in [0.05, 0.1) is 34.7 Å². The van der Waals surface area contributed by atoms with E-state index in [2.05, 4.69) is 36.6 Å². The molecule has 0 unspecified atom stereocenters. The average Bonchev–Trinajstić information content (AvgIpc) is 3.23. The smallest absolute Gasteiger partial charge is 0.378 e. The van der Waals surface area contributed by atoms with Gasteiger partial charge in [-0.15, -0.1) is 0 Å². The molecule has 0 fully saturated rings. The minimum atomic E-state index is -4.72. The van der Waals surface area contributed by atoms with Crippen LogP contribution in [0.5, 0.6) is 0 Å². The number of aromatic nitrogens is 3. The summed E-state index contributed by atoms with van der Waals surface area (Å²) >= 11 is 3.31. The largest absolute Gasteiger partial charge is 0.433 e. The number of fused-ring (bicyclic) bond motifs is 1. The van der Waals surface area contributed by atoms with Gasteiger partial charge in [0.25, 0.3) is 11.8 Å². The number of pyridine rings is 1. The summed E-state index contributed by atoms with van der Waals surface area (Å²) in [5.74, 6) is -0.951. The molecular formula is C32H28BrF3N6O2. The number of nitrogens with one attached hydrogen (secondary N) is 2. The van der Waals surface area contributed by atoms with Crippen molar-refractivity contribution in [2.24, 2.45) is 0 Å². The van der Waals surface area contributed by atoms with Crippen LogP contribution in [0.15, 0.2) is 77.3 Å². The number of hydrogen-bond acceptors (Lipinski definition) is 5. The van der Waals surface area contributed by atoms with Gasteiger partial charge in [-0.05, 0) is 80.1 Å². The molecule has 0 radical (unpaired) electrons. The Bertz CT molecular complexity index is 1870. The van der Waals surface area contributed by atoms with Crippen LogP contribution >= 0.6 is 15.9 Å². The van der Waals surface area contributed by atoms with E-state index in [4.69, 9.17) is 0 Å². The summed E-state index contributed by atoms with van der Waals surface area (Å²) in [4.78, 5) is 31.8. The van der Waals surface area contributed by atoms with Crippen molar-refractivity contribution in [1.82, 2.24) is 14.8 Å². The number of hydrogen-bond donors (Lipinski definition) is 2. The van der Waals surface area contributed by atoms with E-state index in [0.717, 1.165) is 17.3 Å². The number of carbonyl (C=O) groups is 2. The minimum Gasteiger partial charge on any atom is -0.378 e. The molecule has 0 bridgehead atoms. The van der Waals surface area contributed by atoms with Crippen LogP contribution in [0.2, 0.25) is 0 Å². The highest BCUT2D eigenvalue weighted by molar-refractivity contribution is 9.10. The maximum absolute atomic E-state index is 13.6. The van der Waals surface area contributed by atoms with E-state index in [-0.39, 0.29) is 22.4 Å². The Morgan fingerprint density at radius 3 is 2.23 bits per heavy atom. The Labute approximate surface area is 260 Å². The molecule has 0 atom stereocenters. The second-order valence-corrected chi connectivity index (χ2v) is 11.4. The van der Waals surface area contributed by atoms with E-state index in [1.54, 1.807) is 42.8 Å². The van der Waals surface area contributed by atoms with Crippen molar-refractivity contribution in [3.05, 3.63) is 111 Å². The van der Waals surface area contributed by atoms with Crippen molar-refractivity contribution in [2.45, 2.75) is 26.6 Å². The van der Waals surface area contributed by atoms with Gasteiger partial charge in [0.1, 0.15) is 5.69 Å². The van der Waals surface area contributed by atoms with Crippen molar-refractivity contribution >= 4 is 55.7 Å². The lowest BCUT2D eigenvalue weighted by atomic mass is 10.1. The molecule has 0 aliphatic carbocycles. The fraction of sp³-hybridized carbons (Fsp3) is 0.188. The second-order valence-electron chi connectivity index (χ2n) is 10.5. The zero-order valence-electron chi connectivity index (χ0n) is 24.3. The van der Waals surface area contributed by atoms with E-state index in [1.807, 2.05) is 55.4 Å². The first-order valence-electron chi connectivity index (χ1n) is 13.5. The van der Waals surface area contributed by atoms with Crippen molar-refractivity contribution in [3.8, 4) is 0 Å². The Hall–Kier alpha value is -4.71. The maximum atomic E-state index is 13.6. The maximum Gasteiger partial charge on any atom is 0.433 e. The number of halogens is 4. The van der Waals surface area contributed by atoms with Crippen molar-refractivity contribution in [3.63, 3.8) is 0 Å². The number of aryl methyl sites for hydroxylation is 1. The molecule has 0 saturated heterocycles. The summed E-state index contributed by atoms with van der Waals surface area (Å²) in [7, 11) is 3.88. The average molecular weight is 666 g/mol. The summed E-state index contributed by atoms with van der Waals surface area (Å²) in [6.07, 6.45) is -4.72. The molecule has 226 valence electrons. The van der Waals surface area contributed by atoms with Gasteiger partial charge >= 0.3 is 6.18 Å². The highest BCUT2D eigenvalue weighted by atomic mass is 79.9. The van der Waals surface area contributed by atoms with Crippen molar-refractivity contribution in [2.75, 3.05) is 29.6 Å². The SMILES string of the molecule is Cc1nn(Cc2ccc(C(=O)Nc3ccc(N(C)C)cc3)cc2)c(C)c1NC(=O)c1cc(C(F)(F)F)nc2ccc(Br)cc12. The summed E-state index contributed by atoms with van der Waals surface area (Å²) < 4.78 is 43.0. The molecule has 2 amide bonds. The number of anilines is 3. The molecule has 2 aromatic heterocycles. The summed E-state index contributed by atoms with van der Waals surface area (Å²) in [6.45, 7) is 3.82. The van der Waals surface area contributed by atoms with Crippen LogP contribution in [0.25, 0.3) is 10.9 Å². The number of alkyl halides is 3. The molecule has 3 aromatic carbocycles. The minimum absolute atomic E-state index is 0.0525. The summed E-state index contributed by atoms with van der Waals surface area (Å²) in [5, 5.41) is 10.5. The predicted molar refractivity (Wildman–Crippen MR) is 168 cm³/mol. The topological polar surface area (TPSA) is 92.2 Å². The van der Waals surface area contributed by atoms with Crippen LogP contribution in [0.1, 0.15) is 43.4 Å². The Morgan fingerprint density at radius 2 is 1.59 bits per heavy atom. The lowest BCUT2D eigenvalue weighted by molar-refractivity contribution is -0.141. The third kappa shape index (κ3) is 6.60. The molecule has 0 aliphatic rings. The van der Waals surface area contributed by atoms with Gasteiger partial charge in [-0.25, -0.2) is 4.98 Å². The van der Waals surface area contributed by atoms with E-state index in [9.17, 15) is 22.8 Å². The van der Waals surface area contributed by atoms with Gasteiger partial charge in [0, 0.05) is 40.9 Å². The molecule has 12 heteroatoms. The first-order valence-corrected chi connectivity index (χ1v) is 14.3. The standard InChI is InChI=1S/C32H28BrF3N6O2/c1-18-29(39-31(44)26-16-28(32(34,35)36)38-27-14-9-22(33)15-25(26)27)19(2)42(40-18)17-20-5-7-21(8-6-20)30(43)37-23-10-12-24(13-11-23)41(3)4/h5-16H,17H2,1-4H3,(H,37,43)(H,39,44). The van der Waals surface area contributed by atoms with Gasteiger partial charge in [0.2, 0.25) is 0 Å². The third-order valence-electron chi connectivity index (χ3n) is 7.12. The van der Waals surface area contributed by atoms with Gasteiger partial charge in [-0.1, -0.05) is 28.1 Å². The highest BCUT2D eigenvalue weighted by Gasteiger charge is 2.34. The zero-order valence-corrected chi connectivity index (χ0v) is 25.8. The third-order valence-corrected chi connectivity index (χ3v) is 7.61. The quantitative estimate of drug-likeness (QED) is 0.189. The molecule has 2 N–H and O–H groups in total. The Balaban J connectivity index is 1.32. The molecule has 2 heterocycles. The summed E-state index contributed by atoms with van der Waals surface area (Å²) in [6, 6.07) is 19.9. The molecular weight excluding hydrogens is 637 g/mol. The molecule has 5 aromatic rings. The number of carbonyl (C=O) groups excluding carboxylic acids is 2. The van der Waals surface area contributed by atoms with E-state index >= 15 is 0 Å². The number of benzene rings is 3. The fourth-order valence-corrected chi connectivity index (χ4v) is 5.09. The number of nitrogens with zero attached hydrogens (tertiary/aromatic N) is 4. The lowest BCUT2D eigenvalue weighted by Crippen LogP contribution is -2.17. The molecule has 44 heavy (non-hydrogen) atoms. The summed E-state index contributed by atoms with van der Waals surface area (Å²) in [5.41, 5.74) is 3.33. The van der Waals surface area contributed by atoms with Crippen LogP contribution in [0.3, 0.4) is 0 Å². The Morgan fingerprint density at radius 1 is 0.909 bits per heavy atom. The number of amides is 2. The molecule has 0 saturated carbocycles. The molecule has 8 nitrogen and oxygen atoms in total. The van der Waals surface area contributed by atoms with Gasteiger partial charge in [-0.3, -0.25) is 14.3 Å². The first-order chi connectivity index (χ1) is 20.8. The monoisotopic (exact) mass is 664 g/mol. The zero-order chi connectivity index (χ0) is 31.8. The fourth-order valence-electron chi connectivity index (χ4n) is 4.72.